The number of hydrogen-bond donors (Lipinski definition) is 3. The first kappa shape index (κ1) is 28.5. The molecule has 0 radical (unpaired) electrons. The van der Waals surface area contributed by atoms with E-state index in [0.29, 0.717) is 19.0 Å². The van der Waals surface area contributed by atoms with Crippen molar-refractivity contribution in [3.8, 4) is 0 Å². The molecule has 0 fully saturated rings. The number of carbonyl (C=O) groups is 1. The summed E-state index contributed by atoms with van der Waals surface area (Å²) in [7, 11) is 1.73. The second-order valence-electron chi connectivity index (χ2n) is 8.13. The van der Waals surface area contributed by atoms with E-state index in [1.165, 1.54) is 0 Å². The van der Waals surface area contributed by atoms with Crippen molar-refractivity contribution in [3.05, 3.63) is 17.0 Å². The van der Waals surface area contributed by atoms with E-state index < -0.39 is 17.2 Å². The van der Waals surface area contributed by atoms with E-state index in [-0.39, 0.29) is 24.0 Å². The second kappa shape index (κ2) is 13.0. The lowest BCUT2D eigenvalue weighted by Crippen LogP contribution is -2.57. The van der Waals surface area contributed by atoms with Crippen LogP contribution in [0.25, 0.3) is 0 Å². The van der Waals surface area contributed by atoms with Gasteiger partial charge in [0.1, 0.15) is 11.4 Å². The largest absolute Gasteiger partial charge is 0.444 e. The maximum atomic E-state index is 12.3. The molecule has 0 aliphatic rings. The van der Waals surface area contributed by atoms with Crippen molar-refractivity contribution in [3.63, 3.8) is 0 Å². The highest BCUT2D eigenvalue weighted by Crippen LogP contribution is 2.17. The highest BCUT2D eigenvalue weighted by atomic mass is 127. The molecule has 9 heteroatoms. The Balaban J connectivity index is 0.00000841. The fourth-order valence-electron chi connectivity index (χ4n) is 3.02. The van der Waals surface area contributed by atoms with Crippen LogP contribution >= 0.6 is 24.0 Å². The van der Waals surface area contributed by atoms with Crippen molar-refractivity contribution in [2.75, 3.05) is 13.6 Å². The van der Waals surface area contributed by atoms with Gasteiger partial charge in [-0.2, -0.15) is 0 Å². The first-order chi connectivity index (χ1) is 13.6. The van der Waals surface area contributed by atoms with Crippen molar-refractivity contribution >= 4 is 36.0 Å². The number of aliphatic imine (C=N–C) groups is 1. The Labute approximate surface area is 198 Å². The molecule has 0 aliphatic carbocycles. The summed E-state index contributed by atoms with van der Waals surface area (Å²) in [4.78, 5) is 16.6. The summed E-state index contributed by atoms with van der Waals surface area (Å²) in [6.45, 7) is 14.9. The number of halogens is 1. The molecule has 3 N–H and O–H groups in total. The zero-order valence-corrected chi connectivity index (χ0v) is 22.1. The average molecular weight is 537 g/mol. The van der Waals surface area contributed by atoms with Gasteiger partial charge in [0.25, 0.3) is 0 Å². The van der Waals surface area contributed by atoms with Gasteiger partial charge in [-0.1, -0.05) is 32.9 Å². The van der Waals surface area contributed by atoms with Crippen LogP contribution in [-0.4, -0.2) is 41.9 Å². The van der Waals surface area contributed by atoms with E-state index in [1.807, 2.05) is 20.8 Å². The second-order valence-corrected chi connectivity index (χ2v) is 8.13. The monoisotopic (exact) mass is 537 g/mol. The van der Waals surface area contributed by atoms with Crippen LogP contribution in [0.2, 0.25) is 0 Å². The Morgan fingerprint density at radius 3 is 2.20 bits per heavy atom. The normalized spacial score (nSPS) is 12.2. The van der Waals surface area contributed by atoms with Crippen LogP contribution in [0.15, 0.2) is 9.52 Å². The SMILES string of the molecule is CCc1noc(CC)c1CNC(=NC)NCC(CC)(CC)NC(=O)OC(C)(C)C.I. The third-order valence-corrected chi connectivity index (χ3v) is 4.98. The number of hydrogen-bond acceptors (Lipinski definition) is 5. The van der Waals surface area contributed by atoms with Gasteiger partial charge < -0.3 is 25.2 Å². The topological polar surface area (TPSA) is 101 Å². The van der Waals surface area contributed by atoms with Crippen molar-refractivity contribution in [1.82, 2.24) is 21.1 Å². The van der Waals surface area contributed by atoms with Crippen LogP contribution in [-0.2, 0) is 24.1 Å². The number of aromatic nitrogens is 1. The number of aryl methyl sites for hydroxylation is 2. The van der Waals surface area contributed by atoms with E-state index >= 15 is 0 Å². The fraction of sp³-hybridized carbons (Fsp3) is 0.762. The van der Waals surface area contributed by atoms with Crippen molar-refractivity contribution in [1.29, 1.82) is 0 Å². The summed E-state index contributed by atoms with van der Waals surface area (Å²) in [6, 6.07) is 0. The first-order valence-electron chi connectivity index (χ1n) is 10.6. The number of carbonyl (C=O) groups excluding carboxylic acids is 1. The Morgan fingerprint density at radius 1 is 1.10 bits per heavy atom. The van der Waals surface area contributed by atoms with E-state index in [1.54, 1.807) is 7.05 Å². The number of nitrogens with zero attached hydrogens (tertiary/aromatic N) is 2. The molecule has 1 aromatic heterocycles. The molecule has 0 saturated heterocycles. The molecule has 1 amide bonds. The Morgan fingerprint density at radius 2 is 1.73 bits per heavy atom. The zero-order valence-electron chi connectivity index (χ0n) is 19.8. The van der Waals surface area contributed by atoms with Gasteiger partial charge in [-0.3, -0.25) is 4.99 Å². The maximum Gasteiger partial charge on any atom is 0.408 e. The number of guanidine groups is 1. The van der Waals surface area contributed by atoms with Crippen LogP contribution < -0.4 is 16.0 Å². The molecule has 1 rings (SSSR count). The molecule has 0 unspecified atom stereocenters. The minimum Gasteiger partial charge on any atom is -0.444 e. The van der Waals surface area contributed by atoms with E-state index in [9.17, 15) is 4.79 Å². The van der Waals surface area contributed by atoms with Gasteiger partial charge in [-0.05, 0) is 40.0 Å². The summed E-state index contributed by atoms with van der Waals surface area (Å²) in [5, 5.41) is 13.9. The predicted octanol–water partition coefficient (Wildman–Crippen LogP) is 4.17. The first-order valence-corrected chi connectivity index (χ1v) is 10.6. The van der Waals surface area contributed by atoms with Gasteiger partial charge in [-0.15, -0.1) is 24.0 Å². The highest BCUT2D eigenvalue weighted by Gasteiger charge is 2.30. The molecular weight excluding hydrogens is 497 g/mol. The average Bonchev–Trinajstić information content (AvgIpc) is 3.07. The maximum absolute atomic E-state index is 12.3. The molecule has 1 aromatic rings. The molecule has 0 spiro atoms. The molecule has 0 atom stereocenters. The minimum absolute atomic E-state index is 0. The van der Waals surface area contributed by atoms with E-state index in [0.717, 1.165) is 42.7 Å². The predicted molar refractivity (Wildman–Crippen MR) is 132 cm³/mol. The summed E-state index contributed by atoms with van der Waals surface area (Å²) in [6.07, 6.45) is 2.73. The van der Waals surface area contributed by atoms with Crippen molar-refractivity contribution in [2.24, 2.45) is 4.99 Å². The standard InChI is InChI=1S/C21H39N5O3.HI/c1-9-16-15(17(10-2)29-26-16)13-23-18(22-8)24-14-21(11-3,12-4)25-19(27)28-20(5,6)7;/h9-14H2,1-8H3,(H,25,27)(H2,22,23,24);1H. The highest BCUT2D eigenvalue weighted by molar-refractivity contribution is 14.0. The summed E-state index contributed by atoms with van der Waals surface area (Å²) in [5.74, 6) is 1.56. The number of nitrogens with one attached hydrogen (secondary N) is 3. The van der Waals surface area contributed by atoms with Crippen LogP contribution in [0.3, 0.4) is 0 Å². The number of ether oxygens (including phenoxy) is 1. The lowest BCUT2D eigenvalue weighted by atomic mass is 9.93. The van der Waals surface area contributed by atoms with Gasteiger partial charge in [0.15, 0.2) is 5.96 Å². The van der Waals surface area contributed by atoms with Crippen molar-refractivity contribution in [2.45, 2.75) is 91.8 Å². The molecule has 174 valence electrons. The van der Waals surface area contributed by atoms with Crippen molar-refractivity contribution < 1.29 is 14.1 Å². The molecule has 0 saturated carbocycles. The molecule has 0 bridgehead atoms. The lowest BCUT2D eigenvalue weighted by Gasteiger charge is -2.34. The molecule has 8 nitrogen and oxygen atoms in total. The summed E-state index contributed by atoms with van der Waals surface area (Å²) < 4.78 is 10.9. The van der Waals surface area contributed by atoms with Gasteiger partial charge in [0.05, 0.1) is 11.2 Å². The Kier molecular flexibility index (Phi) is 12.4. The van der Waals surface area contributed by atoms with Gasteiger partial charge in [-0.25, -0.2) is 4.79 Å². The van der Waals surface area contributed by atoms with Crippen LogP contribution in [0, 0.1) is 0 Å². The fourth-order valence-corrected chi connectivity index (χ4v) is 3.02. The molecule has 1 heterocycles. The molecule has 0 aromatic carbocycles. The third kappa shape index (κ3) is 8.69. The molecule has 0 aliphatic heterocycles. The summed E-state index contributed by atoms with van der Waals surface area (Å²) >= 11 is 0. The minimum atomic E-state index is -0.533. The Bertz CT molecular complexity index is 657. The number of alkyl carbamates (subject to hydrolysis) is 1. The third-order valence-electron chi connectivity index (χ3n) is 4.98. The van der Waals surface area contributed by atoms with Gasteiger partial charge >= 0.3 is 6.09 Å². The smallest absolute Gasteiger partial charge is 0.408 e. The quantitative estimate of drug-likeness (QED) is 0.249. The van der Waals surface area contributed by atoms with Gasteiger partial charge in [0.2, 0.25) is 0 Å². The number of rotatable bonds is 9. The summed E-state index contributed by atoms with van der Waals surface area (Å²) in [5.41, 5.74) is 1.09. The molecule has 30 heavy (non-hydrogen) atoms. The Hall–Kier alpha value is -1.52. The molecular formula is C21H40IN5O3. The van der Waals surface area contributed by atoms with Gasteiger partial charge in [0, 0.05) is 32.1 Å². The zero-order chi connectivity index (χ0) is 22.1. The number of amides is 1. The lowest BCUT2D eigenvalue weighted by molar-refractivity contribution is 0.0448. The van der Waals surface area contributed by atoms with Crippen LogP contribution in [0.4, 0.5) is 4.79 Å². The van der Waals surface area contributed by atoms with Crippen LogP contribution in [0.1, 0.15) is 78.3 Å². The van der Waals surface area contributed by atoms with E-state index in [2.05, 4.69) is 53.8 Å². The van der Waals surface area contributed by atoms with E-state index in [4.69, 9.17) is 9.26 Å². The van der Waals surface area contributed by atoms with Crippen LogP contribution in [0.5, 0.6) is 0 Å².